The molecule has 0 aromatic heterocycles. The third-order valence-electron chi connectivity index (χ3n) is 4.53. The number of benzene rings is 2. The fourth-order valence-electron chi connectivity index (χ4n) is 3.11. The maximum Gasteiger partial charge on any atom is 0.416 e. The number of halogens is 3. The first-order valence-corrected chi connectivity index (χ1v) is 10.2. The molecule has 2 aromatic rings. The Hall–Kier alpha value is -2.39. The molecule has 1 saturated carbocycles. The van der Waals surface area contributed by atoms with Crippen LogP contribution in [0.5, 0.6) is 0 Å². The van der Waals surface area contributed by atoms with E-state index in [1.807, 2.05) is 0 Å². The van der Waals surface area contributed by atoms with Gasteiger partial charge in [-0.3, -0.25) is 4.79 Å². The van der Waals surface area contributed by atoms with Crippen LogP contribution in [-0.4, -0.2) is 20.4 Å². The predicted octanol–water partition coefficient (Wildman–Crippen LogP) is 4.18. The highest BCUT2D eigenvalue weighted by molar-refractivity contribution is 7.89. The number of alkyl halides is 3. The monoisotopic (exact) mass is 412 g/mol. The Morgan fingerprint density at radius 2 is 1.68 bits per heavy atom. The standard InChI is InChI=1S/C19H19F3N2O3S/c20-19(21,22)14-6-4-9-16(12-14)23-18(25)13-5-3-10-17(11-13)28(26,27)24-15-7-1-2-8-15/h3-6,9-12,15,24H,1-2,7-8H2,(H,23,25). The topological polar surface area (TPSA) is 75.3 Å². The van der Waals surface area contributed by atoms with E-state index in [4.69, 9.17) is 0 Å². The zero-order chi connectivity index (χ0) is 20.4. The average Bonchev–Trinajstić information content (AvgIpc) is 3.13. The van der Waals surface area contributed by atoms with Crippen molar-refractivity contribution in [3.05, 3.63) is 59.7 Å². The van der Waals surface area contributed by atoms with Gasteiger partial charge in [0.15, 0.2) is 0 Å². The molecule has 0 unspecified atom stereocenters. The van der Waals surface area contributed by atoms with Crippen LogP contribution in [0.2, 0.25) is 0 Å². The molecule has 28 heavy (non-hydrogen) atoms. The molecular formula is C19H19F3N2O3S. The molecule has 0 radical (unpaired) electrons. The molecular weight excluding hydrogens is 393 g/mol. The second-order valence-corrected chi connectivity index (χ2v) is 8.38. The molecule has 2 aromatic carbocycles. The Balaban J connectivity index is 1.77. The van der Waals surface area contributed by atoms with Crippen LogP contribution in [-0.2, 0) is 16.2 Å². The van der Waals surface area contributed by atoms with Crippen LogP contribution in [0.25, 0.3) is 0 Å². The molecule has 0 spiro atoms. The predicted molar refractivity (Wildman–Crippen MR) is 98.4 cm³/mol. The Morgan fingerprint density at radius 3 is 2.36 bits per heavy atom. The fraction of sp³-hybridized carbons (Fsp3) is 0.316. The first-order chi connectivity index (χ1) is 13.1. The smallest absolute Gasteiger partial charge is 0.322 e. The van der Waals surface area contributed by atoms with E-state index in [0.717, 1.165) is 37.8 Å². The summed E-state index contributed by atoms with van der Waals surface area (Å²) in [6.07, 6.45) is -1.05. The summed E-state index contributed by atoms with van der Waals surface area (Å²) in [5.74, 6) is -0.697. The Bertz CT molecular complexity index is 968. The number of carbonyl (C=O) groups is 1. The summed E-state index contributed by atoms with van der Waals surface area (Å²) in [4.78, 5) is 12.3. The van der Waals surface area contributed by atoms with Crippen molar-refractivity contribution in [3.63, 3.8) is 0 Å². The lowest BCUT2D eigenvalue weighted by molar-refractivity contribution is -0.137. The van der Waals surface area contributed by atoms with Crippen molar-refractivity contribution in [1.29, 1.82) is 0 Å². The molecule has 1 aliphatic rings. The van der Waals surface area contributed by atoms with E-state index in [2.05, 4.69) is 10.0 Å². The van der Waals surface area contributed by atoms with Crippen molar-refractivity contribution >= 4 is 21.6 Å². The van der Waals surface area contributed by atoms with E-state index in [0.29, 0.717) is 0 Å². The van der Waals surface area contributed by atoms with Crippen molar-refractivity contribution in [1.82, 2.24) is 4.72 Å². The molecule has 1 fully saturated rings. The minimum absolute atomic E-state index is 0.0304. The molecule has 9 heteroatoms. The van der Waals surface area contributed by atoms with Gasteiger partial charge in [0.25, 0.3) is 5.91 Å². The average molecular weight is 412 g/mol. The Labute approximate surface area is 161 Å². The lowest BCUT2D eigenvalue weighted by Crippen LogP contribution is -2.32. The quantitative estimate of drug-likeness (QED) is 0.774. The van der Waals surface area contributed by atoms with Crippen molar-refractivity contribution < 1.29 is 26.4 Å². The zero-order valence-corrected chi connectivity index (χ0v) is 15.6. The van der Waals surface area contributed by atoms with Crippen LogP contribution in [0, 0.1) is 0 Å². The summed E-state index contributed by atoms with van der Waals surface area (Å²) in [5.41, 5.74) is -0.883. The normalized spacial score (nSPS) is 15.5. The number of rotatable bonds is 5. The fourth-order valence-corrected chi connectivity index (χ4v) is 4.46. The van der Waals surface area contributed by atoms with Crippen LogP contribution >= 0.6 is 0 Å². The van der Waals surface area contributed by atoms with Gasteiger partial charge in [-0.1, -0.05) is 25.0 Å². The van der Waals surface area contributed by atoms with Crippen LogP contribution in [0.3, 0.4) is 0 Å². The van der Waals surface area contributed by atoms with Crippen molar-refractivity contribution in [3.8, 4) is 0 Å². The third kappa shape index (κ3) is 4.90. The molecule has 0 bridgehead atoms. The molecule has 0 heterocycles. The lowest BCUT2D eigenvalue weighted by Gasteiger charge is -2.13. The maximum absolute atomic E-state index is 12.8. The van der Waals surface area contributed by atoms with E-state index >= 15 is 0 Å². The number of hydrogen-bond acceptors (Lipinski definition) is 3. The van der Waals surface area contributed by atoms with Gasteiger partial charge in [0, 0.05) is 17.3 Å². The molecule has 5 nitrogen and oxygen atoms in total. The second kappa shape index (κ2) is 7.92. The number of carbonyl (C=O) groups excluding carboxylic acids is 1. The minimum Gasteiger partial charge on any atom is -0.322 e. The van der Waals surface area contributed by atoms with Gasteiger partial charge in [-0.15, -0.1) is 0 Å². The summed E-state index contributed by atoms with van der Waals surface area (Å²) < 4.78 is 66.0. The number of anilines is 1. The first kappa shape index (κ1) is 20.3. The molecule has 1 amide bonds. The van der Waals surface area contributed by atoms with Gasteiger partial charge in [-0.05, 0) is 49.2 Å². The second-order valence-electron chi connectivity index (χ2n) is 6.66. The van der Waals surface area contributed by atoms with Crippen molar-refractivity contribution in [2.75, 3.05) is 5.32 Å². The van der Waals surface area contributed by atoms with Gasteiger partial charge >= 0.3 is 6.18 Å². The van der Waals surface area contributed by atoms with Crippen molar-refractivity contribution in [2.24, 2.45) is 0 Å². The SMILES string of the molecule is O=C(Nc1cccc(C(F)(F)F)c1)c1cccc(S(=O)(=O)NC2CCCC2)c1. The highest BCUT2D eigenvalue weighted by atomic mass is 32.2. The highest BCUT2D eigenvalue weighted by Gasteiger charge is 2.30. The Kier molecular flexibility index (Phi) is 5.76. The number of amides is 1. The number of nitrogens with one attached hydrogen (secondary N) is 2. The zero-order valence-electron chi connectivity index (χ0n) is 14.8. The number of hydrogen-bond donors (Lipinski definition) is 2. The van der Waals surface area contributed by atoms with Crippen molar-refractivity contribution in [2.45, 2.75) is 42.8 Å². The van der Waals surface area contributed by atoms with Crippen LogP contribution < -0.4 is 10.0 Å². The van der Waals surface area contributed by atoms with Gasteiger partial charge in [0.2, 0.25) is 10.0 Å². The molecule has 1 aliphatic carbocycles. The van der Waals surface area contributed by atoms with E-state index in [-0.39, 0.29) is 22.2 Å². The van der Waals surface area contributed by atoms with Gasteiger partial charge < -0.3 is 5.32 Å². The summed E-state index contributed by atoms with van der Waals surface area (Å²) in [6.45, 7) is 0. The van der Waals surface area contributed by atoms with E-state index < -0.39 is 27.7 Å². The van der Waals surface area contributed by atoms with Gasteiger partial charge in [0.05, 0.1) is 10.5 Å². The third-order valence-corrected chi connectivity index (χ3v) is 6.05. The molecule has 0 aliphatic heterocycles. The first-order valence-electron chi connectivity index (χ1n) is 8.76. The van der Waals surface area contributed by atoms with E-state index in [1.165, 1.54) is 36.4 Å². The summed E-state index contributed by atoms with van der Waals surface area (Å²) in [6, 6.07) is 9.52. The molecule has 2 N–H and O–H groups in total. The van der Waals surface area contributed by atoms with Gasteiger partial charge in [-0.2, -0.15) is 13.2 Å². The Morgan fingerprint density at radius 1 is 1.00 bits per heavy atom. The van der Waals surface area contributed by atoms with Crippen LogP contribution in [0.15, 0.2) is 53.4 Å². The maximum atomic E-state index is 12.8. The summed E-state index contributed by atoms with van der Waals surface area (Å²) >= 11 is 0. The van der Waals surface area contributed by atoms with Crippen LogP contribution in [0.1, 0.15) is 41.6 Å². The van der Waals surface area contributed by atoms with E-state index in [9.17, 15) is 26.4 Å². The molecule has 3 rings (SSSR count). The minimum atomic E-state index is -4.53. The molecule has 0 atom stereocenters. The van der Waals surface area contributed by atoms with Crippen LogP contribution in [0.4, 0.5) is 18.9 Å². The van der Waals surface area contributed by atoms with Gasteiger partial charge in [-0.25, -0.2) is 13.1 Å². The summed E-state index contributed by atoms with van der Waals surface area (Å²) in [7, 11) is -3.78. The summed E-state index contributed by atoms with van der Waals surface area (Å²) in [5, 5.41) is 2.37. The van der Waals surface area contributed by atoms with E-state index in [1.54, 1.807) is 0 Å². The number of sulfonamides is 1. The molecule has 150 valence electrons. The molecule has 0 saturated heterocycles. The highest BCUT2D eigenvalue weighted by Crippen LogP contribution is 2.30. The largest absolute Gasteiger partial charge is 0.416 e. The lowest BCUT2D eigenvalue weighted by atomic mass is 10.1. The van der Waals surface area contributed by atoms with Gasteiger partial charge in [0.1, 0.15) is 0 Å².